The van der Waals surface area contributed by atoms with Crippen LogP contribution in [0.15, 0.2) is 47.4 Å². The van der Waals surface area contributed by atoms with E-state index in [0.29, 0.717) is 12.1 Å². The van der Waals surface area contributed by atoms with Crippen molar-refractivity contribution in [2.24, 2.45) is 0 Å². The highest BCUT2D eigenvalue weighted by molar-refractivity contribution is 7.93. The second-order valence-electron chi connectivity index (χ2n) is 7.41. The average molecular weight is 445 g/mol. The first-order valence-corrected chi connectivity index (χ1v) is 11.8. The number of sulfonamides is 1. The van der Waals surface area contributed by atoms with Gasteiger partial charge >= 0.3 is 0 Å². The van der Waals surface area contributed by atoms with Crippen LogP contribution in [0.2, 0.25) is 0 Å². The van der Waals surface area contributed by atoms with E-state index in [2.05, 4.69) is 20.2 Å². The van der Waals surface area contributed by atoms with Crippen molar-refractivity contribution in [2.45, 2.75) is 45.1 Å². The monoisotopic (exact) mass is 444 g/mol. The number of benzene rings is 2. The highest BCUT2D eigenvalue weighted by atomic mass is 32.2. The predicted molar refractivity (Wildman–Crippen MR) is 118 cm³/mol. The van der Waals surface area contributed by atoms with Crippen LogP contribution >= 0.6 is 11.3 Å². The molecule has 30 heavy (non-hydrogen) atoms. The van der Waals surface area contributed by atoms with Crippen LogP contribution in [0.4, 0.5) is 5.13 Å². The van der Waals surface area contributed by atoms with Crippen LogP contribution in [-0.2, 0) is 16.6 Å². The van der Waals surface area contributed by atoms with Gasteiger partial charge in [-0.2, -0.15) is 0 Å². The number of rotatable bonds is 7. The Morgan fingerprint density at radius 3 is 2.23 bits per heavy atom. The van der Waals surface area contributed by atoms with E-state index in [4.69, 9.17) is 0 Å². The van der Waals surface area contributed by atoms with E-state index >= 15 is 0 Å². The Balaban J connectivity index is 1.64. The van der Waals surface area contributed by atoms with E-state index in [1.54, 1.807) is 12.1 Å². The summed E-state index contributed by atoms with van der Waals surface area (Å²) in [5, 5.41) is 11.7. The molecule has 7 nitrogen and oxygen atoms in total. The molecule has 0 bridgehead atoms. The van der Waals surface area contributed by atoms with E-state index in [9.17, 15) is 13.2 Å². The summed E-state index contributed by atoms with van der Waals surface area (Å²) in [6.45, 7) is 8.13. The molecule has 1 heterocycles. The van der Waals surface area contributed by atoms with Gasteiger partial charge in [-0.1, -0.05) is 54.5 Å². The first-order valence-electron chi connectivity index (χ1n) is 9.46. The molecule has 0 fully saturated rings. The Hall–Kier alpha value is -2.78. The number of nitrogens with one attached hydrogen (secondary N) is 2. The fourth-order valence-corrected chi connectivity index (χ4v) is 4.84. The SMILES string of the molecule is Cc1cc(C)cc(C(=O)NCc2ccc(S(=O)(=O)Nc3nnc(C(C)C)s3)cc2)c1. The van der Waals surface area contributed by atoms with Gasteiger partial charge in [0, 0.05) is 18.0 Å². The van der Waals surface area contributed by atoms with E-state index < -0.39 is 10.0 Å². The number of aromatic nitrogens is 2. The summed E-state index contributed by atoms with van der Waals surface area (Å²) < 4.78 is 27.6. The molecule has 2 aromatic carbocycles. The van der Waals surface area contributed by atoms with Crippen LogP contribution in [0.5, 0.6) is 0 Å². The normalized spacial score (nSPS) is 11.5. The highest BCUT2D eigenvalue weighted by Gasteiger charge is 2.17. The zero-order valence-electron chi connectivity index (χ0n) is 17.3. The zero-order chi connectivity index (χ0) is 21.9. The van der Waals surface area contributed by atoms with Crippen LogP contribution in [-0.4, -0.2) is 24.5 Å². The van der Waals surface area contributed by atoms with Crippen LogP contribution in [0.1, 0.15) is 51.8 Å². The molecule has 0 saturated carbocycles. The number of carbonyl (C=O) groups is 1. The largest absolute Gasteiger partial charge is 0.348 e. The van der Waals surface area contributed by atoms with Crippen molar-refractivity contribution >= 4 is 32.4 Å². The molecule has 2 N–H and O–H groups in total. The molecule has 0 aliphatic rings. The van der Waals surface area contributed by atoms with E-state index in [-0.39, 0.29) is 21.9 Å². The summed E-state index contributed by atoms with van der Waals surface area (Å²) in [6.07, 6.45) is 0. The van der Waals surface area contributed by atoms with Gasteiger partial charge in [0.15, 0.2) is 0 Å². The molecule has 1 aromatic heterocycles. The molecule has 9 heteroatoms. The number of hydrogen-bond acceptors (Lipinski definition) is 6. The van der Waals surface area contributed by atoms with Crippen LogP contribution in [0.3, 0.4) is 0 Å². The third kappa shape index (κ3) is 5.43. The molecule has 0 unspecified atom stereocenters. The number of nitrogens with zero attached hydrogens (tertiary/aromatic N) is 2. The smallest absolute Gasteiger partial charge is 0.263 e. The van der Waals surface area contributed by atoms with Crippen LogP contribution < -0.4 is 10.0 Å². The van der Waals surface area contributed by atoms with Crippen molar-refractivity contribution in [3.8, 4) is 0 Å². The van der Waals surface area contributed by atoms with Crippen molar-refractivity contribution < 1.29 is 13.2 Å². The van der Waals surface area contributed by atoms with Crippen LogP contribution in [0, 0.1) is 13.8 Å². The Labute approximate surface area is 180 Å². The number of carbonyl (C=O) groups excluding carboxylic acids is 1. The minimum absolute atomic E-state index is 0.119. The Kier molecular flexibility index (Phi) is 6.52. The molecule has 0 radical (unpaired) electrons. The van der Waals surface area contributed by atoms with Gasteiger partial charge in [-0.3, -0.25) is 9.52 Å². The van der Waals surface area contributed by atoms with Crippen molar-refractivity contribution in [3.63, 3.8) is 0 Å². The number of anilines is 1. The number of aryl methyl sites for hydroxylation is 2. The van der Waals surface area contributed by atoms with Crippen molar-refractivity contribution in [2.75, 3.05) is 4.72 Å². The third-order valence-electron chi connectivity index (χ3n) is 4.33. The van der Waals surface area contributed by atoms with Gasteiger partial charge < -0.3 is 5.32 Å². The van der Waals surface area contributed by atoms with Gasteiger partial charge in [0.05, 0.1) is 4.90 Å². The van der Waals surface area contributed by atoms with Crippen molar-refractivity contribution in [1.29, 1.82) is 0 Å². The summed E-state index contributed by atoms with van der Waals surface area (Å²) in [7, 11) is -3.76. The lowest BCUT2D eigenvalue weighted by atomic mass is 10.1. The summed E-state index contributed by atoms with van der Waals surface area (Å²) >= 11 is 1.22. The van der Waals surface area contributed by atoms with Crippen LogP contribution in [0.25, 0.3) is 0 Å². The number of amides is 1. The van der Waals surface area contributed by atoms with Crippen molar-refractivity contribution in [1.82, 2.24) is 15.5 Å². The molecule has 0 aliphatic carbocycles. The summed E-state index contributed by atoms with van der Waals surface area (Å²) in [5.74, 6) is 0.0105. The summed E-state index contributed by atoms with van der Waals surface area (Å²) in [5.41, 5.74) is 3.45. The zero-order valence-corrected chi connectivity index (χ0v) is 18.9. The Morgan fingerprint density at radius 2 is 1.67 bits per heavy atom. The molecule has 3 rings (SSSR count). The maximum Gasteiger partial charge on any atom is 0.263 e. The first-order chi connectivity index (χ1) is 14.1. The van der Waals surface area contributed by atoms with E-state index in [0.717, 1.165) is 21.7 Å². The maximum atomic E-state index is 12.6. The molecule has 0 aliphatic heterocycles. The minimum Gasteiger partial charge on any atom is -0.348 e. The second-order valence-corrected chi connectivity index (χ2v) is 10.1. The quantitative estimate of drug-likeness (QED) is 0.573. The minimum atomic E-state index is -3.76. The predicted octanol–water partition coefficient (Wildman–Crippen LogP) is 4.01. The lowest BCUT2D eigenvalue weighted by Gasteiger charge is -2.09. The third-order valence-corrected chi connectivity index (χ3v) is 6.95. The van der Waals surface area contributed by atoms with Gasteiger partial charge in [-0.25, -0.2) is 8.42 Å². The van der Waals surface area contributed by atoms with Gasteiger partial charge in [0.25, 0.3) is 15.9 Å². The van der Waals surface area contributed by atoms with Gasteiger partial charge in [-0.15, -0.1) is 10.2 Å². The van der Waals surface area contributed by atoms with Gasteiger partial charge in [-0.05, 0) is 43.7 Å². The van der Waals surface area contributed by atoms with E-state index in [1.807, 2.05) is 45.9 Å². The molecule has 1 amide bonds. The topological polar surface area (TPSA) is 101 Å². The molecular formula is C21H24N4O3S2. The second kappa shape index (κ2) is 8.93. The summed E-state index contributed by atoms with van der Waals surface area (Å²) in [4.78, 5) is 12.5. The average Bonchev–Trinajstić information content (AvgIpc) is 3.14. The van der Waals surface area contributed by atoms with Gasteiger partial charge in [0.2, 0.25) is 5.13 Å². The lowest BCUT2D eigenvalue weighted by molar-refractivity contribution is 0.0950. The molecule has 0 atom stereocenters. The lowest BCUT2D eigenvalue weighted by Crippen LogP contribution is -2.23. The van der Waals surface area contributed by atoms with E-state index in [1.165, 1.54) is 23.5 Å². The standard InChI is InChI=1S/C21H24N4O3S2/c1-13(2)20-23-24-21(29-20)25-30(27,28)18-7-5-16(6-8-18)12-22-19(26)17-10-14(3)9-15(4)11-17/h5-11,13H,12H2,1-4H3,(H,22,26)(H,24,25). The fourth-order valence-electron chi connectivity index (χ4n) is 2.86. The maximum absolute atomic E-state index is 12.6. The van der Waals surface area contributed by atoms with Crippen molar-refractivity contribution in [3.05, 3.63) is 69.7 Å². The Morgan fingerprint density at radius 1 is 1.03 bits per heavy atom. The molecular weight excluding hydrogens is 420 g/mol. The molecule has 3 aromatic rings. The highest BCUT2D eigenvalue weighted by Crippen LogP contribution is 2.24. The Bertz CT molecular complexity index is 1130. The molecule has 0 spiro atoms. The molecule has 158 valence electrons. The number of hydrogen-bond donors (Lipinski definition) is 2. The first kappa shape index (κ1) is 21.9. The fraction of sp³-hybridized carbons (Fsp3) is 0.286. The summed E-state index contributed by atoms with van der Waals surface area (Å²) in [6, 6.07) is 12.0. The van der Waals surface area contributed by atoms with Gasteiger partial charge in [0.1, 0.15) is 5.01 Å². The molecule has 0 saturated heterocycles.